The summed E-state index contributed by atoms with van der Waals surface area (Å²) in [5, 5.41) is 3.17. The third-order valence-corrected chi connectivity index (χ3v) is 2.40. The molecule has 0 fully saturated rings. The fourth-order valence-corrected chi connectivity index (χ4v) is 1.57. The summed E-state index contributed by atoms with van der Waals surface area (Å²) < 4.78 is 0. The molecule has 1 aliphatic heterocycles. The summed E-state index contributed by atoms with van der Waals surface area (Å²) in [5.41, 5.74) is 7.79. The predicted molar refractivity (Wildman–Crippen MR) is 56.1 cm³/mol. The van der Waals surface area contributed by atoms with Gasteiger partial charge in [0.05, 0.1) is 12.2 Å². The van der Waals surface area contributed by atoms with Gasteiger partial charge in [0.25, 0.3) is 5.91 Å². The van der Waals surface area contributed by atoms with E-state index in [0.717, 1.165) is 5.69 Å². The smallest absolute Gasteiger partial charge is 0.257 e. The third kappa shape index (κ3) is 1.28. The Kier molecular flexibility index (Phi) is 2.04. The maximum absolute atomic E-state index is 11.8. The van der Waals surface area contributed by atoms with Gasteiger partial charge in [-0.05, 0) is 25.1 Å². The van der Waals surface area contributed by atoms with Crippen LogP contribution in [0, 0.1) is 0 Å². The molecule has 4 heteroatoms. The Morgan fingerprint density at radius 3 is 3.07 bits per heavy atom. The van der Waals surface area contributed by atoms with Gasteiger partial charge in [-0.25, -0.2) is 0 Å². The number of nitrogen functional groups attached to an aromatic ring is 1. The molecular weight excluding hydrogens is 178 g/mol. The van der Waals surface area contributed by atoms with Crippen molar-refractivity contribution >= 4 is 17.3 Å². The standard InChI is InChI=1S/C10H13N3O/c1-2-13-6-12-9-4-3-7(11)5-8(9)10(13)14/h3-5,12H,2,6,11H2,1H3. The van der Waals surface area contributed by atoms with Crippen LogP contribution < -0.4 is 11.1 Å². The van der Waals surface area contributed by atoms with Crippen LogP contribution in [0.5, 0.6) is 0 Å². The van der Waals surface area contributed by atoms with E-state index in [2.05, 4.69) is 5.32 Å². The minimum atomic E-state index is 0.0496. The third-order valence-electron chi connectivity index (χ3n) is 2.40. The van der Waals surface area contributed by atoms with Crippen molar-refractivity contribution in [2.75, 3.05) is 24.3 Å². The van der Waals surface area contributed by atoms with E-state index in [4.69, 9.17) is 5.73 Å². The molecule has 74 valence electrons. The normalized spacial score (nSPS) is 14.9. The number of fused-ring (bicyclic) bond motifs is 1. The Labute approximate surface area is 82.7 Å². The number of amides is 1. The Balaban J connectivity index is 2.43. The first-order valence-corrected chi connectivity index (χ1v) is 4.65. The van der Waals surface area contributed by atoms with Gasteiger partial charge in [0.1, 0.15) is 0 Å². The fraction of sp³-hybridized carbons (Fsp3) is 0.300. The number of anilines is 2. The highest BCUT2D eigenvalue weighted by Crippen LogP contribution is 2.23. The van der Waals surface area contributed by atoms with E-state index in [1.165, 1.54) is 0 Å². The molecule has 3 N–H and O–H groups in total. The minimum Gasteiger partial charge on any atom is -0.399 e. The van der Waals surface area contributed by atoms with E-state index >= 15 is 0 Å². The lowest BCUT2D eigenvalue weighted by atomic mass is 10.1. The second kappa shape index (κ2) is 3.21. The van der Waals surface area contributed by atoms with Crippen LogP contribution in [-0.2, 0) is 0 Å². The average Bonchev–Trinajstić information content (AvgIpc) is 2.20. The molecule has 1 aromatic carbocycles. The van der Waals surface area contributed by atoms with Crippen LogP contribution in [0.15, 0.2) is 18.2 Å². The Hall–Kier alpha value is -1.71. The van der Waals surface area contributed by atoms with Gasteiger partial charge in [-0.15, -0.1) is 0 Å². The van der Waals surface area contributed by atoms with Gasteiger partial charge in [-0.3, -0.25) is 4.79 Å². The molecule has 0 saturated carbocycles. The monoisotopic (exact) mass is 191 g/mol. The molecule has 0 aromatic heterocycles. The first kappa shape index (κ1) is 8.87. The summed E-state index contributed by atoms with van der Waals surface area (Å²) in [4.78, 5) is 13.6. The van der Waals surface area contributed by atoms with Crippen LogP contribution in [-0.4, -0.2) is 24.0 Å². The number of nitrogens with zero attached hydrogens (tertiary/aromatic N) is 1. The second-order valence-corrected chi connectivity index (χ2v) is 3.30. The topological polar surface area (TPSA) is 58.4 Å². The van der Waals surface area contributed by atoms with E-state index in [1.54, 1.807) is 17.0 Å². The summed E-state index contributed by atoms with van der Waals surface area (Å²) in [5.74, 6) is 0.0496. The highest BCUT2D eigenvalue weighted by Gasteiger charge is 2.22. The van der Waals surface area contributed by atoms with E-state index in [0.29, 0.717) is 24.5 Å². The maximum atomic E-state index is 11.8. The van der Waals surface area contributed by atoms with Crippen molar-refractivity contribution in [3.63, 3.8) is 0 Å². The van der Waals surface area contributed by atoms with E-state index in [1.807, 2.05) is 13.0 Å². The highest BCUT2D eigenvalue weighted by atomic mass is 16.2. The number of benzene rings is 1. The number of carbonyl (C=O) groups excluding carboxylic acids is 1. The molecule has 4 nitrogen and oxygen atoms in total. The molecule has 1 aromatic rings. The van der Waals surface area contributed by atoms with Crippen molar-refractivity contribution in [2.45, 2.75) is 6.92 Å². The van der Waals surface area contributed by atoms with Crippen molar-refractivity contribution in [1.82, 2.24) is 4.90 Å². The Bertz CT molecular complexity index is 376. The van der Waals surface area contributed by atoms with Crippen molar-refractivity contribution in [1.29, 1.82) is 0 Å². The number of rotatable bonds is 1. The van der Waals surface area contributed by atoms with Crippen LogP contribution in [0.2, 0.25) is 0 Å². The van der Waals surface area contributed by atoms with Gasteiger partial charge in [0, 0.05) is 17.9 Å². The molecule has 1 aliphatic rings. The Morgan fingerprint density at radius 1 is 1.57 bits per heavy atom. The van der Waals surface area contributed by atoms with Gasteiger partial charge in [0.15, 0.2) is 0 Å². The molecule has 0 radical (unpaired) electrons. The van der Waals surface area contributed by atoms with Crippen LogP contribution >= 0.6 is 0 Å². The van der Waals surface area contributed by atoms with E-state index in [9.17, 15) is 4.79 Å². The molecule has 0 unspecified atom stereocenters. The number of carbonyl (C=O) groups is 1. The van der Waals surface area contributed by atoms with Crippen LogP contribution in [0.3, 0.4) is 0 Å². The summed E-state index contributed by atoms with van der Waals surface area (Å²) >= 11 is 0. The van der Waals surface area contributed by atoms with Crippen LogP contribution in [0.25, 0.3) is 0 Å². The zero-order valence-corrected chi connectivity index (χ0v) is 8.08. The molecule has 0 saturated heterocycles. The van der Waals surface area contributed by atoms with Gasteiger partial charge < -0.3 is 16.0 Å². The average molecular weight is 191 g/mol. The Morgan fingerprint density at radius 2 is 2.36 bits per heavy atom. The quantitative estimate of drug-likeness (QED) is 0.654. The predicted octanol–water partition coefficient (Wildman–Crippen LogP) is 1.11. The highest BCUT2D eigenvalue weighted by molar-refractivity contribution is 6.02. The van der Waals surface area contributed by atoms with Crippen molar-refractivity contribution in [2.24, 2.45) is 0 Å². The maximum Gasteiger partial charge on any atom is 0.257 e. The molecule has 0 aliphatic carbocycles. The van der Waals surface area contributed by atoms with E-state index < -0.39 is 0 Å². The lowest BCUT2D eigenvalue weighted by Crippen LogP contribution is -2.39. The molecule has 0 atom stereocenters. The largest absolute Gasteiger partial charge is 0.399 e. The SMILES string of the molecule is CCN1CNc2ccc(N)cc2C1=O. The van der Waals surface area contributed by atoms with Gasteiger partial charge in [0.2, 0.25) is 0 Å². The second-order valence-electron chi connectivity index (χ2n) is 3.30. The van der Waals surface area contributed by atoms with Crippen molar-refractivity contribution in [3.05, 3.63) is 23.8 Å². The van der Waals surface area contributed by atoms with Gasteiger partial charge in [-0.1, -0.05) is 0 Å². The van der Waals surface area contributed by atoms with Gasteiger partial charge in [-0.2, -0.15) is 0 Å². The lowest BCUT2D eigenvalue weighted by Gasteiger charge is -2.28. The summed E-state index contributed by atoms with van der Waals surface area (Å²) in [6.07, 6.45) is 0. The number of hydrogen-bond acceptors (Lipinski definition) is 3. The number of nitrogens with two attached hydrogens (primary N) is 1. The van der Waals surface area contributed by atoms with E-state index in [-0.39, 0.29) is 5.91 Å². The number of nitrogens with one attached hydrogen (secondary N) is 1. The molecule has 1 heterocycles. The molecular formula is C10H13N3O. The summed E-state index contributed by atoms with van der Waals surface area (Å²) in [7, 11) is 0. The molecule has 14 heavy (non-hydrogen) atoms. The zero-order valence-electron chi connectivity index (χ0n) is 8.08. The van der Waals surface area contributed by atoms with Crippen LogP contribution in [0.1, 0.15) is 17.3 Å². The first-order chi connectivity index (χ1) is 6.72. The van der Waals surface area contributed by atoms with Crippen molar-refractivity contribution < 1.29 is 4.79 Å². The van der Waals surface area contributed by atoms with Crippen LogP contribution in [0.4, 0.5) is 11.4 Å². The van der Waals surface area contributed by atoms with Crippen molar-refractivity contribution in [3.8, 4) is 0 Å². The molecule has 1 amide bonds. The fourth-order valence-electron chi connectivity index (χ4n) is 1.57. The first-order valence-electron chi connectivity index (χ1n) is 4.65. The minimum absolute atomic E-state index is 0.0496. The number of hydrogen-bond donors (Lipinski definition) is 2. The molecule has 0 bridgehead atoms. The summed E-state index contributed by atoms with van der Waals surface area (Å²) in [6.45, 7) is 3.24. The lowest BCUT2D eigenvalue weighted by molar-refractivity contribution is 0.0767. The summed E-state index contributed by atoms with van der Waals surface area (Å²) in [6, 6.07) is 5.35. The molecule has 2 rings (SSSR count). The molecule has 0 spiro atoms. The van der Waals surface area contributed by atoms with Gasteiger partial charge >= 0.3 is 0 Å². The zero-order chi connectivity index (χ0) is 10.1.